The van der Waals surface area contributed by atoms with Crippen molar-refractivity contribution in [2.75, 3.05) is 4.90 Å². The monoisotopic (exact) mass is 318 g/mol. The number of nitrogens with zero attached hydrogens (tertiary/aromatic N) is 4. The largest absolute Gasteiger partial charge is 0.364 e. The molecule has 24 heavy (non-hydrogen) atoms. The Morgan fingerprint density at radius 3 is 2.46 bits per heavy atom. The lowest BCUT2D eigenvalue weighted by Crippen LogP contribution is -2.31. The summed E-state index contributed by atoms with van der Waals surface area (Å²) in [6.07, 6.45) is 0. The second-order valence-corrected chi connectivity index (χ2v) is 6.50. The number of benzene rings is 2. The molecule has 0 N–H and O–H groups in total. The zero-order valence-corrected chi connectivity index (χ0v) is 14.4. The van der Waals surface area contributed by atoms with Gasteiger partial charge in [0.1, 0.15) is 5.69 Å². The summed E-state index contributed by atoms with van der Waals surface area (Å²) >= 11 is 0. The summed E-state index contributed by atoms with van der Waals surface area (Å²) < 4.78 is 2.01. The Balaban J connectivity index is 2.08. The highest BCUT2D eigenvalue weighted by Crippen LogP contribution is 2.41. The number of anilines is 1. The smallest absolute Gasteiger partial charge is 0.123 e. The van der Waals surface area contributed by atoms with Crippen molar-refractivity contribution in [3.63, 3.8) is 0 Å². The molecular formula is C20H22N4. The number of para-hydroxylation sites is 1. The second kappa shape index (κ2) is 5.78. The van der Waals surface area contributed by atoms with E-state index < -0.39 is 0 Å². The number of fused-ring (bicyclic) bond motifs is 5. The van der Waals surface area contributed by atoms with Crippen LogP contribution >= 0.6 is 0 Å². The summed E-state index contributed by atoms with van der Waals surface area (Å²) in [6.45, 7) is 8.30. The molecule has 0 saturated carbocycles. The second-order valence-electron chi connectivity index (χ2n) is 6.50. The van der Waals surface area contributed by atoms with Crippen molar-refractivity contribution < 1.29 is 0 Å². The molecule has 0 radical (unpaired) electrons. The van der Waals surface area contributed by atoms with Crippen molar-refractivity contribution in [1.82, 2.24) is 15.0 Å². The van der Waals surface area contributed by atoms with Crippen LogP contribution < -0.4 is 4.90 Å². The van der Waals surface area contributed by atoms with E-state index in [0.29, 0.717) is 6.04 Å². The first-order chi connectivity index (χ1) is 11.7. The minimum absolute atomic E-state index is 0.405. The van der Waals surface area contributed by atoms with Crippen molar-refractivity contribution in [2.24, 2.45) is 0 Å². The van der Waals surface area contributed by atoms with Gasteiger partial charge < -0.3 is 4.90 Å². The van der Waals surface area contributed by atoms with Crippen LogP contribution in [0, 0.1) is 0 Å². The van der Waals surface area contributed by atoms with Gasteiger partial charge in [-0.05, 0) is 32.4 Å². The van der Waals surface area contributed by atoms with Crippen molar-refractivity contribution in [3.05, 3.63) is 54.1 Å². The van der Waals surface area contributed by atoms with Crippen LogP contribution in [-0.4, -0.2) is 21.0 Å². The molecular weight excluding hydrogens is 296 g/mol. The zero-order chi connectivity index (χ0) is 16.7. The lowest BCUT2D eigenvalue weighted by Gasteiger charge is -2.33. The number of hydrogen-bond acceptors (Lipinski definition) is 3. The fourth-order valence-electron chi connectivity index (χ4n) is 3.53. The molecule has 0 aliphatic carbocycles. The van der Waals surface area contributed by atoms with E-state index in [2.05, 4.69) is 84.5 Å². The molecule has 3 aromatic rings. The minimum atomic E-state index is 0.405. The summed E-state index contributed by atoms with van der Waals surface area (Å²) in [6, 6.07) is 17.6. The van der Waals surface area contributed by atoms with Crippen LogP contribution in [-0.2, 0) is 13.1 Å². The van der Waals surface area contributed by atoms with Gasteiger partial charge in [0, 0.05) is 35.9 Å². The van der Waals surface area contributed by atoms with Gasteiger partial charge >= 0.3 is 0 Å². The molecule has 0 saturated heterocycles. The third-order valence-corrected chi connectivity index (χ3v) is 4.74. The van der Waals surface area contributed by atoms with Crippen molar-refractivity contribution in [1.29, 1.82) is 0 Å². The molecule has 0 spiro atoms. The van der Waals surface area contributed by atoms with E-state index in [1.54, 1.807) is 0 Å². The summed E-state index contributed by atoms with van der Waals surface area (Å²) in [7, 11) is 0. The Morgan fingerprint density at radius 1 is 1.00 bits per heavy atom. The molecule has 2 heterocycles. The number of aromatic nitrogens is 3. The summed E-state index contributed by atoms with van der Waals surface area (Å²) in [5, 5.41) is 8.96. The SMILES string of the molecule is CCn1nnc2c1-c1ccccc1CN(C(C)C)c1ccccc1-2. The number of hydrogen-bond donors (Lipinski definition) is 0. The molecule has 122 valence electrons. The van der Waals surface area contributed by atoms with Crippen LogP contribution in [0.4, 0.5) is 5.69 Å². The van der Waals surface area contributed by atoms with Crippen LogP contribution in [0.1, 0.15) is 26.3 Å². The van der Waals surface area contributed by atoms with Crippen molar-refractivity contribution in [2.45, 2.75) is 39.9 Å². The lowest BCUT2D eigenvalue weighted by molar-refractivity contribution is 0.632. The highest BCUT2D eigenvalue weighted by molar-refractivity contribution is 5.88. The van der Waals surface area contributed by atoms with E-state index in [9.17, 15) is 0 Å². The highest BCUT2D eigenvalue weighted by atomic mass is 15.4. The Labute approximate surface area is 142 Å². The van der Waals surface area contributed by atoms with Crippen LogP contribution in [0.5, 0.6) is 0 Å². The first kappa shape index (κ1) is 14.9. The molecule has 0 atom stereocenters. The van der Waals surface area contributed by atoms with Gasteiger partial charge in [0.15, 0.2) is 0 Å². The number of rotatable bonds is 2. The van der Waals surface area contributed by atoms with E-state index in [1.165, 1.54) is 16.8 Å². The van der Waals surface area contributed by atoms with Crippen LogP contribution in [0.2, 0.25) is 0 Å². The van der Waals surface area contributed by atoms with Gasteiger partial charge in [-0.25, -0.2) is 4.68 Å². The van der Waals surface area contributed by atoms with Crippen LogP contribution in [0.15, 0.2) is 48.5 Å². The average Bonchev–Trinajstić information content (AvgIpc) is 3.01. The Kier molecular flexibility index (Phi) is 3.60. The van der Waals surface area contributed by atoms with Crippen molar-refractivity contribution >= 4 is 5.69 Å². The third kappa shape index (κ3) is 2.21. The Hall–Kier alpha value is -2.62. The molecule has 2 aromatic carbocycles. The van der Waals surface area contributed by atoms with Crippen molar-refractivity contribution in [3.8, 4) is 22.5 Å². The maximum absolute atomic E-state index is 4.55. The minimum Gasteiger partial charge on any atom is -0.364 e. The molecule has 4 heteroatoms. The van der Waals surface area contributed by atoms with E-state index in [4.69, 9.17) is 0 Å². The molecule has 4 rings (SSSR count). The highest BCUT2D eigenvalue weighted by Gasteiger charge is 2.26. The van der Waals surface area contributed by atoms with Gasteiger partial charge in [0.05, 0.1) is 5.69 Å². The maximum atomic E-state index is 4.55. The van der Waals surface area contributed by atoms with E-state index in [-0.39, 0.29) is 0 Å². The predicted molar refractivity (Wildman–Crippen MR) is 97.9 cm³/mol. The molecule has 1 aromatic heterocycles. The van der Waals surface area contributed by atoms with E-state index in [0.717, 1.165) is 30.0 Å². The first-order valence-electron chi connectivity index (χ1n) is 8.58. The number of aryl methyl sites for hydroxylation is 1. The molecule has 0 bridgehead atoms. The lowest BCUT2D eigenvalue weighted by atomic mass is 9.95. The molecule has 4 nitrogen and oxygen atoms in total. The van der Waals surface area contributed by atoms with E-state index >= 15 is 0 Å². The molecule has 1 aliphatic rings. The molecule has 1 aliphatic heterocycles. The average molecular weight is 318 g/mol. The van der Waals surface area contributed by atoms with Gasteiger partial charge in [-0.15, -0.1) is 5.10 Å². The molecule has 0 amide bonds. The quantitative estimate of drug-likeness (QED) is 0.704. The fraction of sp³-hybridized carbons (Fsp3) is 0.300. The zero-order valence-electron chi connectivity index (χ0n) is 14.4. The Morgan fingerprint density at radius 2 is 1.71 bits per heavy atom. The molecule has 0 fully saturated rings. The first-order valence-corrected chi connectivity index (χ1v) is 8.58. The third-order valence-electron chi connectivity index (χ3n) is 4.74. The standard InChI is InChI=1S/C20H22N4/c1-4-24-20-16-10-6-5-9-15(16)13-23(14(2)3)18-12-8-7-11-17(18)19(20)21-22-24/h5-12,14H,4,13H2,1-3H3. The topological polar surface area (TPSA) is 34.0 Å². The van der Waals surface area contributed by atoms with Gasteiger partial charge in [-0.3, -0.25) is 0 Å². The summed E-state index contributed by atoms with van der Waals surface area (Å²) in [4.78, 5) is 2.45. The summed E-state index contributed by atoms with van der Waals surface area (Å²) in [5.41, 5.74) is 7.05. The van der Waals surface area contributed by atoms with Gasteiger partial charge in [0.2, 0.25) is 0 Å². The van der Waals surface area contributed by atoms with Gasteiger partial charge in [-0.2, -0.15) is 0 Å². The fourth-order valence-corrected chi connectivity index (χ4v) is 3.53. The normalized spacial score (nSPS) is 13.1. The summed E-state index contributed by atoms with van der Waals surface area (Å²) in [5.74, 6) is 0. The predicted octanol–water partition coefficient (Wildman–Crippen LogP) is 4.36. The van der Waals surface area contributed by atoms with Gasteiger partial charge in [-0.1, -0.05) is 47.7 Å². The van der Waals surface area contributed by atoms with E-state index in [1.807, 2.05) is 4.68 Å². The maximum Gasteiger partial charge on any atom is 0.123 e. The van der Waals surface area contributed by atoms with Crippen LogP contribution in [0.25, 0.3) is 22.5 Å². The molecule has 0 unspecified atom stereocenters. The van der Waals surface area contributed by atoms with Crippen LogP contribution in [0.3, 0.4) is 0 Å². The Bertz CT molecular complexity index is 879. The van der Waals surface area contributed by atoms with Gasteiger partial charge in [0.25, 0.3) is 0 Å².